The van der Waals surface area contributed by atoms with Gasteiger partial charge in [-0.05, 0) is 19.1 Å². The van der Waals surface area contributed by atoms with E-state index in [0.717, 1.165) is 11.3 Å². The Morgan fingerprint density at radius 3 is 2.81 bits per heavy atom. The van der Waals surface area contributed by atoms with Crippen LogP contribution in [0.25, 0.3) is 0 Å². The van der Waals surface area contributed by atoms with Crippen LogP contribution in [0.1, 0.15) is 18.2 Å². The van der Waals surface area contributed by atoms with Crippen molar-refractivity contribution in [1.82, 2.24) is 15.6 Å². The van der Waals surface area contributed by atoms with E-state index in [9.17, 15) is 9.59 Å². The molecule has 0 aliphatic rings. The van der Waals surface area contributed by atoms with Crippen molar-refractivity contribution in [1.29, 1.82) is 0 Å². The van der Waals surface area contributed by atoms with E-state index in [-0.39, 0.29) is 17.9 Å². The summed E-state index contributed by atoms with van der Waals surface area (Å²) in [4.78, 5) is 22.6. The molecule has 0 saturated carbocycles. The van der Waals surface area contributed by atoms with Gasteiger partial charge in [-0.3, -0.25) is 14.7 Å². The monoisotopic (exact) mass is 288 g/mol. The third-order valence-electron chi connectivity index (χ3n) is 2.84. The number of ether oxygens (including phenoxy) is 1. The number of nitrogens with one attached hydrogen (secondary N) is 3. The van der Waals surface area contributed by atoms with Crippen LogP contribution < -0.4 is 15.7 Å². The average Bonchev–Trinajstić information content (AvgIpc) is 2.90. The minimum Gasteiger partial charge on any atom is -0.497 e. The number of amides is 1. The van der Waals surface area contributed by atoms with Gasteiger partial charge in [0.2, 0.25) is 5.91 Å². The average molecular weight is 288 g/mol. The summed E-state index contributed by atoms with van der Waals surface area (Å²) in [5.41, 5.74) is 4.19. The van der Waals surface area contributed by atoms with Crippen LogP contribution in [0.3, 0.4) is 0 Å². The maximum atomic E-state index is 11.7. The molecule has 0 radical (unpaired) electrons. The van der Waals surface area contributed by atoms with E-state index in [1.165, 1.54) is 6.07 Å². The zero-order valence-corrected chi connectivity index (χ0v) is 11.8. The maximum Gasteiger partial charge on any atom is 0.264 e. The Bertz CT molecular complexity index is 715. The summed E-state index contributed by atoms with van der Waals surface area (Å²) in [7, 11) is 1.59. The molecule has 0 unspecified atom stereocenters. The summed E-state index contributed by atoms with van der Waals surface area (Å²) >= 11 is 0. The summed E-state index contributed by atoms with van der Waals surface area (Å²) in [6.45, 7) is 1.78. The number of hydrazone groups is 1. The van der Waals surface area contributed by atoms with E-state index in [1.807, 2.05) is 24.3 Å². The molecule has 1 amide bonds. The molecular formula is C14H16N4O3. The van der Waals surface area contributed by atoms with Crippen LogP contribution in [-0.4, -0.2) is 28.9 Å². The van der Waals surface area contributed by atoms with Gasteiger partial charge < -0.3 is 9.84 Å². The predicted molar refractivity (Wildman–Crippen MR) is 78.5 cm³/mol. The largest absolute Gasteiger partial charge is 0.497 e. The van der Waals surface area contributed by atoms with Gasteiger partial charge in [0.1, 0.15) is 5.75 Å². The number of aromatic nitrogens is 2. The highest BCUT2D eigenvalue weighted by Crippen LogP contribution is 2.13. The highest BCUT2D eigenvalue weighted by Gasteiger charge is 2.05. The van der Waals surface area contributed by atoms with Crippen molar-refractivity contribution >= 4 is 11.6 Å². The van der Waals surface area contributed by atoms with Crippen molar-refractivity contribution < 1.29 is 9.53 Å². The first-order valence-corrected chi connectivity index (χ1v) is 6.32. The molecule has 0 atom stereocenters. The van der Waals surface area contributed by atoms with Gasteiger partial charge in [-0.1, -0.05) is 12.1 Å². The lowest BCUT2D eigenvalue weighted by Gasteiger charge is -2.04. The SMILES string of the molecule is COc1cccc(/C(C)=N\NC(=O)Cc2cc(=O)[nH][nH]2)c1. The Kier molecular flexibility index (Phi) is 4.55. The van der Waals surface area contributed by atoms with Crippen molar-refractivity contribution in [3.05, 3.63) is 51.9 Å². The van der Waals surface area contributed by atoms with Gasteiger partial charge in [0.05, 0.1) is 19.2 Å². The number of nitrogens with zero attached hydrogens (tertiary/aromatic N) is 1. The van der Waals surface area contributed by atoms with Crippen molar-refractivity contribution in [2.24, 2.45) is 5.10 Å². The normalized spacial score (nSPS) is 11.2. The van der Waals surface area contributed by atoms with Crippen molar-refractivity contribution in [2.45, 2.75) is 13.3 Å². The molecule has 0 aliphatic heterocycles. The summed E-state index contributed by atoms with van der Waals surface area (Å²) in [5, 5.41) is 9.01. The Labute approximate surface area is 121 Å². The number of H-pyrrole nitrogens is 2. The number of benzene rings is 1. The van der Waals surface area contributed by atoms with Crippen molar-refractivity contribution in [3.63, 3.8) is 0 Å². The fourth-order valence-electron chi connectivity index (χ4n) is 1.74. The van der Waals surface area contributed by atoms with Crippen LogP contribution in [0.4, 0.5) is 0 Å². The summed E-state index contributed by atoms with van der Waals surface area (Å²) in [6.07, 6.45) is 0.0492. The lowest BCUT2D eigenvalue weighted by atomic mass is 10.1. The molecule has 0 saturated heterocycles. The maximum absolute atomic E-state index is 11.7. The lowest BCUT2D eigenvalue weighted by molar-refractivity contribution is -0.120. The van der Waals surface area contributed by atoms with Gasteiger partial charge >= 0.3 is 0 Å². The third-order valence-corrected chi connectivity index (χ3v) is 2.84. The number of carbonyl (C=O) groups excluding carboxylic acids is 1. The molecular weight excluding hydrogens is 272 g/mol. The van der Waals surface area contributed by atoms with Crippen LogP contribution >= 0.6 is 0 Å². The Balaban J connectivity index is 1.99. The molecule has 0 aliphatic carbocycles. The molecule has 1 aromatic carbocycles. The molecule has 2 rings (SSSR count). The number of rotatable bonds is 5. The number of hydrogen-bond acceptors (Lipinski definition) is 4. The number of methoxy groups -OCH3 is 1. The standard InChI is InChI=1S/C14H16N4O3/c1-9(10-4-3-5-12(6-10)21-2)15-17-13(19)7-11-8-14(20)18-16-11/h3-6,8H,7H2,1-2H3,(H,17,19)(H2,16,18,20)/b15-9-. The second-order valence-electron chi connectivity index (χ2n) is 4.42. The van der Waals surface area contributed by atoms with Gasteiger partial charge in [0.25, 0.3) is 5.56 Å². The van der Waals surface area contributed by atoms with E-state index in [2.05, 4.69) is 20.7 Å². The van der Waals surface area contributed by atoms with Gasteiger partial charge in [0, 0.05) is 17.3 Å². The van der Waals surface area contributed by atoms with Gasteiger partial charge in [0.15, 0.2) is 0 Å². The van der Waals surface area contributed by atoms with Crippen LogP contribution in [0.5, 0.6) is 5.75 Å². The van der Waals surface area contributed by atoms with Crippen LogP contribution in [0.2, 0.25) is 0 Å². The molecule has 7 heteroatoms. The molecule has 0 spiro atoms. The molecule has 0 bridgehead atoms. The van der Waals surface area contributed by atoms with Crippen molar-refractivity contribution in [2.75, 3.05) is 7.11 Å². The number of carbonyl (C=O) groups is 1. The van der Waals surface area contributed by atoms with Crippen LogP contribution in [-0.2, 0) is 11.2 Å². The third kappa shape index (κ3) is 4.07. The first kappa shape index (κ1) is 14.6. The Morgan fingerprint density at radius 2 is 2.14 bits per heavy atom. The van der Waals surface area contributed by atoms with Gasteiger partial charge in [-0.15, -0.1) is 0 Å². The summed E-state index contributed by atoms with van der Waals surface area (Å²) in [6, 6.07) is 8.71. The quantitative estimate of drug-likeness (QED) is 0.560. The van der Waals surface area contributed by atoms with Crippen LogP contribution in [0.15, 0.2) is 40.2 Å². The molecule has 2 aromatic rings. The number of hydrogen-bond donors (Lipinski definition) is 3. The van der Waals surface area contributed by atoms with Crippen molar-refractivity contribution in [3.8, 4) is 5.75 Å². The molecule has 7 nitrogen and oxygen atoms in total. The van der Waals surface area contributed by atoms with E-state index >= 15 is 0 Å². The molecule has 1 aromatic heterocycles. The van der Waals surface area contributed by atoms with E-state index in [4.69, 9.17) is 4.74 Å². The van der Waals surface area contributed by atoms with Gasteiger partial charge in [-0.2, -0.15) is 5.10 Å². The Morgan fingerprint density at radius 1 is 1.33 bits per heavy atom. The number of aromatic amines is 2. The smallest absolute Gasteiger partial charge is 0.264 e. The second kappa shape index (κ2) is 6.56. The summed E-state index contributed by atoms with van der Waals surface area (Å²) in [5.74, 6) is 0.408. The van der Waals surface area contributed by atoms with E-state index < -0.39 is 0 Å². The van der Waals surface area contributed by atoms with E-state index in [1.54, 1.807) is 14.0 Å². The molecule has 1 heterocycles. The highest BCUT2D eigenvalue weighted by molar-refractivity contribution is 5.99. The van der Waals surface area contributed by atoms with E-state index in [0.29, 0.717) is 11.4 Å². The fourth-order valence-corrected chi connectivity index (χ4v) is 1.74. The van der Waals surface area contributed by atoms with Gasteiger partial charge in [-0.25, -0.2) is 5.43 Å². The zero-order chi connectivity index (χ0) is 15.2. The molecule has 3 N–H and O–H groups in total. The molecule has 0 fully saturated rings. The van der Waals surface area contributed by atoms with Crippen LogP contribution in [0, 0.1) is 0 Å². The first-order chi connectivity index (χ1) is 10.1. The first-order valence-electron chi connectivity index (χ1n) is 6.32. The lowest BCUT2D eigenvalue weighted by Crippen LogP contribution is -2.21. The summed E-state index contributed by atoms with van der Waals surface area (Å²) < 4.78 is 5.13. The fraction of sp³-hybridized carbons (Fsp3) is 0.214. The molecule has 21 heavy (non-hydrogen) atoms. The minimum atomic E-state index is -0.313. The second-order valence-corrected chi connectivity index (χ2v) is 4.42. The Hall–Kier alpha value is -2.83. The highest BCUT2D eigenvalue weighted by atomic mass is 16.5. The predicted octanol–water partition coefficient (Wildman–Crippen LogP) is 0.794. The minimum absolute atomic E-state index is 0.0492. The zero-order valence-electron chi connectivity index (χ0n) is 11.8. The molecule has 110 valence electrons. The topological polar surface area (TPSA) is 99.3 Å².